The number of ether oxygens (including phenoxy) is 1. The van der Waals surface area contributed by atoms with Crippen molar-refractivity contribution in [3.05, 3.63) is 0 Å². The van der Waals surface area contributed by atoms with Gasteiger partial charge in [0, 0.05) is 25.2 Å². The molecule has 0 aromatic rings. The first-order chi connectivity index (χ1) is 8.10. The minimum Gasteiger partial charge on any atom is -0.383 e. The first-order valence-electron chi connectivity index (χ1n) is 7.10. The zero-order valence-electron chi connectivity index (χ0n) is 12.0. The van der Waals surface area contributed by atoms with E-state index in [2.05, 4.69) is 25.7 Å². The minimum absolute atomic E-state index is 0.435. The summed E-state index contributed by atoms with van der Waals surface area (Å²) in [4.78, 5) is 2.64. The number of hydrogen-bond donors (Lipinski definition) is 1. The Labute approximate surface area is 107 Å². The molecule has 0 aliphatic heterocycles. The molecule has 1 aliphatic rings. The van der Waals surface area contributed by atoms with Gasteiger partial charge in [-0.3, -0.25) is 4.90 Å². The predicted octanol–water partition coefficient (Wildman–Crippen LogP) is 2.25. The molecule has 2 N–H and O–H groups in total. The highest BCUT2D eigenvalue weighted by molar-refractivity contribution is 4.85. The number of methoxy groups -OCH3 is 1. The van der Waals surface area contributed by atoms with E-state index >= 15 is 0 Å². The van der Waals surface area contributed by atoms with Crippen LogP contribution >= 0.6 is 0 Å². The fourth-order valence-corrected chi connectivity index (χ4v) is 3.04. The quantitative estimate of drug-likeness (QED) is 0.776. The van der Waals surface area contributed by atoms with Crippen LogP contribution in [0.1, 0.15) is 46.5 Å². The highest BCUT2D eigenvalue weighted by Gasteiger charge is 2.29. The fourth-order valence-electron chi connectivity index (χ4n) is 3.04. The van der Waals surface area contributed by atoms with Gasteiger partial charge in [0.05, 0.1) is 6.61 Å². The summed E-state index contributed by atoms with van der Waals surface area (Å²) in [6.45, 7) is 8.81. The van der Waals surface area contributed by atoms with Crippen molar-refractivity contribution in [2.75, 3.05) is 20.3 Å². The maximum Gasteiger partial charge on any atom is 0.0620 e. The summed E-state index contributed by atoms with van der Waals surface area (Å²) in [5.41, 5.74) is 5.99. The van der Waals surface area contributed by atoms with Crippen molar-refractivity contribution in [3.63, 3.8) is 0 Å². The van der Waals surface area contributed by atoms with E-state index in [0.717, 1.165) is 13.2 Å². The molecule has 0 aromatic heterocycles. The van der Waals surface area contributed by atoms with Gasteiger partial charge in [-0.2, -0.15) is 0 Å². The Hall–Kier alpha value is -0.120. The average Bonchev–Trinajstić information content (AvgIpc) is 2.31. The molecular formula is C14H30N2O. The second kappa shape index (κ2) is 7.34. The molecule has 0 saturated heterocycles. The van der Waals surface area contributed by atoms with Crippen molar-refractivity contribution in [2.24, 2.45) is 11.7 Å². The molecule has 1 saturated carbocycles. The van der Waals surface area contributed by atoms with Crippen molar-refractivity contribution >= 4 is 0 Å². The Morgan fingerprint density at radius 1 is 1.24 bits per heavy atom. The summed E-state index contributed by atoms with van der Waals surface area (Å²) in [5, 5.41) is 0. The number of rotatable bonds is 6. The Bertz CT molecular complexity index is 200. The molecule has 102 valence electrons. The molecule has 0 spiro atoms. The van der Waals surface area contributed by atoms with Gasteiger partial charge >= 0.3 is 0 Å². The predicted molar refractivity (Wildman–Crippen MR) is 73.1 cm³/mol. The van der Waals surface area contributed by atoms with Crippen molar-refractivity contribution in [3.8, 4) is 0 Å². The number of nitrogens with two attached hydrogens (primary N) is 1. The maximum absolute atomic E-state index is 5.99. The molecule has 1 fully saturated rings. The van der Waals surface area contributed by atoms with Gasteiger partial charge in [0.25, 0.3) is 0 Å². The van der Waals surface area contributed by atoms with Gasteiger partial charge in [0.2, 0.25) is 0 Å². The van der Waals surface area contributed by atoms with Crippen LogP contribution in [0.4, 0.5) is 0 Å². The molecule has 0 amide bonds. The average molecular weight is 242 g/mol. The number of likely N-dealkylation sites (N-methyl/N-ethyl adjacent to an activating group) is 1. The molecule has 17 heavy (non-hydrogen) atoms. The van der Waals surface area contributed by atoms with Crippen LogP contribution in [0.5, 0.6) is 0 Å². The maximum atomic E-state index is 5.99. The summed E-state index contributed by atoms with van der Waals surface area (Å²) in [5.74, 6) is 0.644. The van der Waals surface area contributed by atoms with Crippen molar-refractivity contribution in [1.82, 2.24) is 4.90 Å². The Morgan fingerprint density at radius 3 is 2.24 bits per heavy atom. The van der Waals surface area contributed by atoms with Gasteiger partial charge in [-0.25, -0.2) is 0 Å². The van der Waals surface area contributed by atoms with Crippen LogP contribution in [0.15, 0.2) is 0 Å². The second-order valence-electron chi connectivity index (χ2n) is 5.67. The lowest BCUT2D eigenvalue weighted by Gasteiger charge is -2.42. The normalized spacial score (nSPS) is 27.7. The molecule has 1 aliphatic carbocycles. The monoisotopic (exact) mass is 242 g/mol. The van der Waals surface area contributed by atoms with Crippen LogP contribution in [0.2, 0.25) is 0 Å². The van der Waals surface area contributed by atoms with E-state index in [4.69, 9.17) is 10.5 Å². The standard InChI is InChI=1S/C14H30N2O/c1-5-16(14(10-17-4)11(2)3)13-8-6-12(15)7-9-13/h11-14H,5-10,15H2,1-4H3. The highest BCUT2D eigenvalue weighted by Crippen LogP contribution is 2.25. The third kappa shape index (κ3) is 4.23. The van der Waals surface area contributed by atoms with Crippen LogP contribution in [-0.2, 0) is 4.74 Å². The molecule has 0 radical (unpaired) electrons. The summed E-state index contributed by atoms with van der Waals surface area (Å²) in [6, 6.07) is 1.69. The van der Waals surface area contributed by atoms with Gasteiger partial charge in [0.15, 0.2) is 0 Å². The van der Waals surface area contributed by atoms with E-state index in [9.17, 15) is 0 Å². The first-order valence-corrected chi connectivity index (χ1v) is 7.10. The lowest BCUT2D eigenvalue weighted by atomic mass is 9.88. The summed E-state index contributed by atoms with van der Waals surface area (Å²) < 4.78 is 5.39. The fraction of sp³-hybridized carbons (Fsp3) is 1.00. The van der Waals surface area contributed by atoms with Crippen LogP contribution < -0.4 is 5.73 Å². The van der Waals surface area contributed by atoms with Gasteiger partial charge in [0.1, 0.15) is 0 Å². The molecule has 1 unspecified atom stereocenters. The summed E-state index contributed by atoms with van der Waals surface area (Å²) in [7, 11) is 1.81. The summed E-state index contributed by atoms with van der Waals surface area (Å²) >= 11 is 0. The van der Waals surface area contributed by atoms with Gasteiger partial charge < -0.3 is 10.5 Å². The molecule has 3 nitrogen and oxygen atoms in total. The van der Waals surface area contributed by atoms with E-state index in [-0.39, 0.29) is 0 Å². The lowest BCUT2D eigenvalue weighted by Crippen LogP contribution is -2.50. The minimum atomic E-state index is 0.435. The van der Waals surface area contributed by atoms with Crippen molar-refractivity contribution < 1.29 is 4.74 Å². The van der Waals surface area contributed by atoms with Crippen molar-refractivity contribution in [2.45, 2.75) is 64.6 Å². The van der Waals surface area contributed by atoms with E-state index in [0.29, 0.717) is 24.0 Å². The first kappa shape index (κ1) is 14.9. The van der Waals surface area contributed by atoms with E-state index in [1.165, 1.54) is 25.7 Å². The van der Waals surface area contributed by atoms with Crippen LogP contribution in [-0.4, -0.2) is 43.3 Å². The molecule has 0 aromatic carbocycles. The van der Waals surface area contributed by atoms with Crippen LogP contribution in [0.25, 0.3) is 0 Å². The zero-order valence-corrected chi connectivity index (χ0v) is 12.0. The number of hydrogen-bond acceptors (Lipinski definition) is 3. The SMILES string of the molecule is CCN(C1CCC(N)CC1)C(COC)C(C)C. The molecule has 1 atom stereocenters. The molecule has 3 heteroatoms. The lowest BCUT2D eigenvalue weighted by molar-refractivity contribution is 0.0265. The summed E-state index contributed by atoms with van der Waals surface area (Å²) in [6.07, 6.45) is 4.86. The molecular weight excluding hydrogens is 212 g/mol. The number of nitrogens with zero attached hydrogens (tertiary/aromatic N) is 1. The Morgan fingerprint density at radius 2 is 1.82 bits per heavy atom. The van der Waals surface area contributed by atoms with Gasteiger partial charge in [-0.1, -0.05) is 20.8 Å². The molecule has 1 rings (SSSR count). The second-order valence-corrected chi connectivity index (χ2v) is 5.67. The van der Waals surface area contributed by atoms with E-state index < -0.39 is 0 Å². The topological polar surface area (TPSA) is 38.5 Å². The molecule has 0 heterocycles. The van der Waals surface area contributed by atoms with Crippen molar-refractivity contribution in [1.29, 1.82) is 0 Å². The van der Waals surface area contributed by atoms with E-state index in [1.807, 2.05) is 0 Å². The Kier molecular flexibility index (Phi) is 6.45. The van der Waals surface area contributed by atoms with E-state index in [1.54, 1.807) is 7.11 Å². The highest BCUT2D eigenvalue weighted by atomic mass is 16.5. The van der Waals surface area contributed by atoms with Gasteiger partial charge in [-0.05, 0) is 38.1 Å². The Balaban J connectivity index is 2.61. The van der Waals surface area contributed by atoms with Gasteiger partial charge in [-0.15, -0.1) is 0 Å². The smallest absolute Gasteiger partial charge is 0.0620 e. The third-order valence-corrected chi connectivity index (χ3v) is 4.11. The van der Waals surface area contributed by atoms with Crippen LogP contribution in [0, 0.1) is 5.92 Å². The zero-order chi connectivity index (χ0) is 12.8. The third-order valence-electron chi connectivity index (χ3n) is 4.11. The molecule has 0 bridgehead atoms. The van der Waals surface area contributed by atoms with Crippen LogP contribution in [0.3, 0.4) is 0 Å². The largest absolute Gasteiger partial charge is 0.383 e.